The van der Waals surface area contributed by atoms with Crippen LogP contribution in [-0.2, 0) is 6.42 Å². The highest BCUT2D eigenvalue weighted by atomic mass is 19.4. The first-order chi connectivity index (χ1) is 15.3. The number of benzene rings is 1. The van der Waals surface area contributed by atoms with E-state index in [0.29, 0.717) is 43.1 Å². The molecule has 1 saturated carbocycles. The zero-order valence-electron chi connectivity index (χ0n) is 18.4. The number of ether oxygens (including phenoxy) is 1. The average Bonchev–Trinajstić information content (AvgIpc) is 3.59. The number of hydrogen-bond donors (Lipinski definition) is 1. The van der Waals surface area contributed by atoms with E-state index in [1.165, 1.54) is 36.6 Å². The molecule has 174 valence electrons. The maximum Gasteiger partial charge on any atom is 0.393 e. The van der Waals surface area contributed by atoms with Crippen LogP contribution in [0.25, 0.3) is 0 Å². The summed E-state index contributed by atoms with van der Waals surface area (Å²) in [6, 6.07) is 8.29. The summed E-state index contributed by atoms with van der Waals surface area (Å²) in [5, 5.41) is 9.81. The number of halogens is 3. The molecule has 1 aromatic carbocycles. The second kappa shape index (κ2) is 9.59. The van der Waals surface area contributed by atoms with Crippen LogP contribution in [-0.4, -0.2) is 36.0 Å². The summed E-state index contributed by atoms with van der Waals surface area (Å²) in [5.74, 6) is 2.34. The molecule has 1 atom stereocenters. The molecule has 0 spiro atoms. The van der Waals surface area contributed by atoms with Crippen molar-refractivity contribution in [3.63, 3.8) is 0 Å². The fourth-order valence-electron chi connectivity index (χ4n) is 4.83. The molecule has 1 aliphatic heterocycles. The molecule has 4 nitrogen and oxygen atoms in total. The zero-order chi connectivity index (χ0) is 22.7. The van der Waals surface area contributed by atoms with E-state index in [-0.39, 0.29) is 11.3 Å². The van der Waals surface area contributed by atoms with Gasteiger partial charge in [-0.25, -0.2) is 4.98 Å². The van der Waals surface area contributed by atoms with E-state index in [1.807, 2.05) is 11.1 Å². The second-order valence-electron chi connectivity index (χ2n) is 9.13. The number of phenols is 1. The maximum atomic E-state index is 13.0. The number of phenolic OH excluding ortho intramolecular Hbond substituents is 1. The summed E-state index contributed by atoms with van der Waals surface area (Å²) in [6.45, 7) is 4.05. The van der Waals surface area contributed by atoms with E-state index in [2.05, 4.69) is 24.0 Å². The van der Waals surface area contributed by atoms with E-state index in [4.69, 9.17) is 4.74 Å². The molecular weight excluding hydrogens is 417 g/mol. The first kappa shape index (κ1) is 22.7. The van der Waals surface area contributed by atoms with Crippen LogP contribution in [0.1, 0.15) is 56.1 Å². The van der Waals surface area contributed by atoms with Crippen LogP contribution in [0, 0.1) is 11.8 Å². The smallest absolute Gasteiger partial charge is 0.393 e. The minimum Gasteiger partial charge on any atom is -0.508 e. The zero-order valence-corrected chi connectivity index (χ0v) is 18.4. The Bertz CT molecular complexity index is 906. The van der Waals surface area contributed by atoms with Gasteiger partial charge >= 0.3 is 6.18 Å². The number of rotatable bonds is 8. The Kier molecular flexibility index (Phi) is 6.82. The molecule has 1 saturated heterocycles. The van der Waals surface area contributed by atoms with E-state index < -0.39 is 12.6 Å². The first-order valence-electron chi connectivity index (χ1n) is 11.5. The molecule has 32 heavy (non-hydrogen) atoms. The number of aromatic hydroxyl groups is 1. The summed E-state index contributed by atoms with van der Waals surface area (Å²) in [4.78, 5) is 6.31. The van der Waals surface area contributed by atoms with Gasteiger partial charge in [-0.2, -0.15) is 13.2 Å². The van der Waals surface area contributed by atoms with Crippen LogP contribution in [0.15, 0.2) is 36.5 Å². The lowest BCUT2D eigenvalue weighted by Gasteiger charge is -2.34. The highest BCUT2D eigenvalue weighted by Gasteiger charge is 2.32. The molecule has 2 aliphatic rings. The summed E-state index contributed by atoms with van der Waals surface area (Å²) in [6.07, 6.45) is 1.92. The summed E-state index contributed by atoms with van der Waals surface area (Å²) in [7, 11) is 0. The number of aromatic nitrogens is 1. The Labute approximate surface area is 187 Å². The fraction of sp³-hybridized carbons (Fsp3) is 0.560. The van der Waals surface area contributed by atoms with E-state index >= 15 is 0 Å². The van der Waals surface area contributed by atoms with E-state index in [0.717, 1.165) is 25.2 Å². The minimum absolute atomic E-state index is 0.0149. The van der Waals surface area contributed by atoms with Crippen molar-refractivity contribution in [1.29, 1.82) is 0 Å². The molecule has 0 amide bonds. The lowest BCUT2D eigenvalue weighted by molar-refractivity contribution is -0.127. The van der Waals surface area contributed by atoms with Crippen LogP contribution in [0.3, 0.4) is 0 Å². The molecule has 1 aromatic heterocycles. The van der Waals surface area contributed by atoms with E-state index in [1.54, 1.807) is 0 Å². The summed E-state index contributed by atoms with van der Waals surface area (Å²) < 4.78 is 44.9. The predicted molar refractivity (Wildman–Crippen MR) is 118 cm³/mol. The first-order valence-corrected chi connectivity index (χ1v) is 11.5. The number of nitrogens with zero attached hydrogens (tertiary/aromatic N) is 2. The Morgan fingerprint density at radius 1 is 1.12 bits per heavy atom. The maximum absolute atomic E-state index is 13.0. The van der Waals surface area contributed by atoms with Crippen LogP contribution in [0.5, 0.6) is 11.6 Å². The van der Waals surface area contributed by atoms with Gasteiger partial charge < -0.3 is 14.7 Å². The largest absolute Gasteiger partial charge is 0.508 e. The number of alkyl halides is 3. The Morgan fingerprint density at radius 2 is 1.88 bits per heavy atom. The van der Waals surface area contributed by atoms with Crippen molar-refractivity contribution in [2.24, 2.45) is 11.8 Å². The topological polar surface area (TPSA) is 45.6 Å². The molecule has 7 heteroatoms. The third kappa shape index (κ3) is 5.87. The molecular formula is C25H31F3N2O2. The molecule has 1 unspecified atom stereocenters. The lowest BCUT2D eigenvalue weighted by Crippen LogP contribution is -2.36. The predicted octanol–water partition coefficient (Wildman–Crippen LogP) is 6.09. The van der Waals surface area contributed by atoms with Gasteiger partial charge in [-0.3, -0.25) is 0 Å². The van der Waals surface area contributed by atoms with Gasteiger partial charge in [0.25, 0.3) is 0 Å². The Balaban J connectivity index is 1.33. The summed E-state index contributed by atoms with van der Waals surface area (Å²) in [5.41, 5.74) is 1.98. The molecule has 0 radical (unpaired) electrons. The van der Waals surface area contributed by atoms with Crippen LogP contribution < -0.4 is 9.64 Å². The van der Waals surface area contributed by atoms with Gasteiger partial charge in [0.05, 0.1) is 13.0 Å². The van der Waals surface area contributed by atoms with Gasteiger partial charge in [0.15, 0.2) is 0 Å². The average molecular weight is 449 g/mol. The van der Waals surface area contributed by atoms with Crippen molar-refractivity contribution < 1.29 is 23.0 Å². The third-order valence-corrected chi connectivity index (χ3v) is 6.70. The lowest BCUT2D eigenvalue weighted by atomic mass is 9.92. The highest BCUT2D eigenvalue weighted by Crippen LogP contribution is 2.44. The molecule has 2 fully saturated rings. The van der Waals surface area contributed by atoms with Crippen molar-refractivity contribution in [2.75, 3.05) is 24.6 Å². The Morgan fingerprint density at radius 3 is 2.53 bits per heavy atom. The SMILES string of the molecule is CCC(c1ccnc(OCC2CCN(c3cc(O)ccc3CC(F)(F)F)CC2)c1)C1CC1. The number of piperidine rings is 1. The van der Waals surface area contributed by atoms with Gasteiger partial charge in [-0.15, -0.1) is 0 Å². The molecule has 1 aliphatic carbocycles. The molecule has 4 rings (SSSR count). The fourth-order valence-corrected chi connectivity index (χ4v) is 4.83. The van der Waals surface area contributed by atoms with Crippen LogP contribution in [0.4, 0.5) is 18.9 Å². The van der Waals surface area contributed by atoms with Crippen molar-refractivity contribution in [1.82, 2.24) is 4.98 Å². The molecule has 2 heterocycles. The van der Waals surface area contributed by atoms with Gasteiger partial charge in [0, 0.05) is 37.1 Å². The van der Waals surface area contributed by atoms with Crippen molar-refractivity contribution in [3.05, 3.63) is 47.7 Å². The van der Waals surface area contributed by atoms with Crippen molar-refractivity contribution >= 4 is 5.69 Å². The number of pyridine rings is 1. The van der Waals surface area contributed by atoms with Crippen LogP contribution in [0.2, 0.25) is 0 Å². The molecule has 2 aromatic rings. The van der Waals surface area contributed by atoms with Gasteiger partial charge in [0.2, 0.25) is 5.88 Å². The quantitative estimate of drug-likeness (QED) is 0.531. The van der Waals surface area contributed by atoms with E-state index in [9.17, 15) is 18.3 Å². The van der Waals surface area contributed by atoms with Gasteiger partial charge in [-0.05, 0) is 73.1 Å². The standard InChI is InChI=1S/C25H31F3N2O2/c1-2-22(18-3-4-18)19-7-10-29-24(13-19)32-16-17-8-11-30(12-9-17)23-14-21(31)6-5-20(23)15-25(26,27)28/h5-7,10,13-14,17-18,22,31H,2-4,8-9,11-12,15-16H2,1H3. The van der Waals surface area contributed by atoms with Gasteiger partial charge in [-0.1, -0.05) is 13.0 Å². The molecule has 1 N–H and O–H groups in total. The van der Waals surface area contributed by atoms with Crippen LogP contribution >= 0.6 is 0 Å². The van der Waals surface area contributed by atoms with Gasteiger partial charge in [0.1, 0.15) is 5.75 Å². The highest BCUT2D eigenvalue weighted by molar-refractivity contribution is 5.57. The Hall–Kier alpha value is -2.44. The normalized spacial score (nSPS) is 18.6. The van der Waals surface area contributed by atoms with Crippen molar-refractivity contribution in [3.8, 4) is 11.6 Å². The number of anilines is 1. The summed E-state index contributed by atoms with van der Waals surface area (Å²) >= 11 is 0. The third-order valence-electron chi connectivity index (χ3n) is 6.70. The minimum atomic E-state index is -4.28. The monoisotopic (exact) mass is 448 g/mol. The molecule has 0 bridgehead atoms. The van der Waals surface area contributed by atoms with Crippen molar-refractivity contribution in [2.45, 2.75) is 57.5 Å². The second-order valence-corrected chi connectivity index (χ2v) is 9.13. The number of hydrogen-bond acceptors (Lipinski definition) is 4.